The largest absolute Gasteiger partial charge is 0.495 e. The third-order valence-electron chi connectivity index (χ3n) is 3.88. The summed E-state index contributed by atoms with van der Waals surface area (Å²) in [6.45, 7) is 1.85. The van der Waals surface area contributed by atoms with Crippen molar-refractivity contribution in [2.45, 2.75) is 6.92 Å². The van der Waals surface area contributed by atoms with Gasteiger partial charge in [-0.15, -0.1) is 0 Å². The van der Waals surface area contributed by atoms with Gasteiger partial charge in [0.1, 0.15) is 29.4 Å². The first kappa shape index (κ1) is 17.4. The van der Waals surface area contributed by atoms with Crippen molar-refractivity contribution in [1.29, 1.82) is 0 Å². The molecule has 0 saturated heterocycles. The zero-order chi connectivity index (χ0) is 19.5. The second-order valence-corrected chi connectivity index (χ2v) is 5.90. The Kier molecular flexibility index (Phi) is 4.55. The molecule has 0 aliphatic carbocycles. The maximum atomic E-state index is 12.8. The molecule has 1 amide bonds. The molecule has 140 valence electrons. The maximum Gasteiger partial charge on any atom is 0.260 e. The van der Waals surface area contributed by atoms with E-state index in [-0.39, 0.29) is 5.91 Å². The molecule has 4 heterocycles. The fourth-order valence-corrected chi connectivity index (χ4v) is 2.62. The lowest BCUT2D eigenvalue weighted by Crippen LogP contribution is -2.15. The first-order valence-electron chi connectivity index (χ1n) is 8.37. The summed E-state index contributed by atoms with van der Waals surface area (Å²) in [5, 5.41) is 6.88. The smallest absolute Gasteiger partial charge is 0.260 e. The van der Waals surface area contributed by atoms with Gasteiger partial charge in [-0.1, -0.05) is 6.07 Å². The fraction of sp³-hybridized carbons (Fsp3) is 0.105. The minimum atomic E-state index is -0.370. The van der Waals surface area contributed by atoms with Crippen molar-refractivity contribution in [2.24, 2.45) is 0 Å². The number of pyridine rings is 3. The lowest BCUT2D eigenvalue weighted by molar-refractivity contribution is 0.102. The number of methoxy groups -OCH3 is 1. The van der Waals surface area contributed by atoms with Gasteiger partial charge >= 0.3 is 0 Å². The van der Waals surface area contributed by atoms with Crippen molar-refractivity contribution in [1.82, 2.24) is 24.6 Å². The highest BCUT2D eigenvalue weighted by Gasteiger charge is 2.16. The lowest BCUT2D eigenvalue weighted by atomic mass is 10.2. The maximum absolute atomic E-state index is 12.8. The number of hydrogen-bond donors (Lipinski definition) is 1. The number of amides is 1. The summed E-state index contributed by atoms with van der Waals surface area (Å²) in [7, 11) is 1.55. The van der Waals surface area contributed by atoms with Gasteiger partial charge in [0.2, 0.25) is 0 Å². The van der Waals surface area contributed by atoms with Crippen LogP contribution in [-0.4, -0.2) is 37.6 Å². The highest BCUT2D eigenvalue weighted by atomic mass is 16.5. The molecule has 9 heteroatoms. The molecule has 0 unspecified atom stereocenters. The molecule has 0 aliphatic heterocycles. The van der Waals surface area contributed by atoms with Gasteiger partial charge in [0.05, 0.1) is 31.3 Å². The number of aromatic nitrogens is 5. The predicted molar refractivity (Wildman–Crippen MR) is 101 cm³/mol. The summed E-state index contributed by atoms with van der Waals surface area (Å²) in [5.41, 5.74) is 1.50. The van der Waals surface area contributed by atoms with Crippen molar-refractivity contribution < 1.29 is 14.3 Å². The van der Waals surface area contributed by atoms with E-state index < -0.39 is 0 Å². The number of nitrogens with zero attached hydrogens (tertiary/aromatic N) is 5. The van der Waals surface area contributed by atoms with E-state index in [4.69, 9.17) is 9.47 Å². The Morgan fingerprint density at radius 2 is 2.00 bits per heavy atom. The summed E-state index contributed by atoms with van der Waals surface area (Å²) in [6.07, 6.45) is 6.11. The second-order valence-electron chi connectivity index (χ2n) is 5.90. The normalized spacial score (nSPS) is 10.6. The van der Waals surface area contributed by atoms with Gasteiger partial charge in [-0.2, -0.15) is 5.10 Å². The van der Waals surface area contributed by atoms with Gasteiger partial charge in [-0.25, -0.2) is 14.5 Å². The van der Waals surface area contributed by atoms with Crippen molar-refractivity contribution >= 4 is 17.4 Å². The SMILES string of the molecule is COc1cncc(Oc2cc(C(=O)Nc3cccc(C)n3)c3ncnn3c2)c1. The van der Waals surface area contributed by atoms with Crippen LogP contribution in [0.5, 0.6) is 17.2 Å². The number of aryl methyl sites for hydroxylation is 1. The number of rotatable bonds is 5. The van der Waals surface area contributed by atoms with E-state index in [9.17, 15) is 4.79 Å². The van der Waals surface area contributed by atoms with E-state index in [0.717, 1.165) is 5.69 Å². The Bertz CT molecular complexity index is 1160. The molecule has 0 radical (unpaired) electrons. The van der Waals surface area contributed by atoms with Crippen LogP contribution in [0.15, 0.2) is 55.2 Å². The van der Waals surface area contributed by atoms with Crippen LogP contribution in [0.2, 0.25) is 0 Å². The molecule has 4 aromatic rings. The summed E-state index contributed by atoms with van der Waals surface area (Å²) in [4.78, 5) is 25.3. The minimum absolute atomic E-state index is 0.300. The number of hydrogen-bond acceptors (Lipinski definition) is 7. The zero-order valence-electron chi connectivity index (χ0n) is 15.2. The number of ether oxygens (including phenoxy) is 2. The van der Waals surface area contributed by atoms with Crippen LogP contribution >= 0.6 is 0 Å². The van der Waals surface area contributed by atoms with E-state index in [2.05, 4.69) is 25.4 Å². The number of anilines is 1. The number of fused-ring (bicyclic) bond motifs is 1. The predicted octanol–water partition coefficient (Wildman–Crippen LogP) is 2.88. The summed E-state index contributed by atoms with van der Waals surface area (Å²) >= 11 is 0. The van der Waals surface area contributed by atoms with Gasteiger partial charge in [0.25, 0.3) is 5.91 Å². The Balaban J connectivity index is 1.67. The molecular weight excluding hydrogens is 360 g/mol. The molecule has 0 aliphatic rings. The Morgan fingerprint density at radius 3 is 2.82 bits per heavy atom. The number of carbonyl (C=O) groups excluding carboxylic acids is 1. The Hall–Kier alpha value is -4.01. The van der Waals surface area contributed by atoms with Crippen molar-refractivity contribution in [3.05, 3.63) is 66.5 Å². The van der Waals surface area contributed by atoms with Crippen molar-refractivity contribution in [3.63, 3.8) is 0 Å². The molecule has 28 heavy (non-hydrogen) atoms. The minimum Gasteiger partial charge on any atom is -0.495 e. The van der Waals surface area contributed by atoms with Gasteiger partial charge in [-0.05, 0) is 25.1 Å². The summed E-state index contributed by atoms with van der Waals surface area (Å²) < 4.78 is 12.5. The molecule has 0 aromatic carbocycles. The van der Waals surface area contributed by atoms with E-state index >= 15 is 0 Å². The number of carbonyl (C=O) groups is 1. The average molecular weight is 376 g/mol. The lowest BCUT2D eigenvalue weighted by Gasteiger charge is -2.10. The molecule has 1 N–H and O–H groups in total. The topological polar surface area (TPSA) is 104 Å². The third-order valence-corrected chi connectivity index (χ3v) is 3.88. The molecule has 9 nitrogen and oxygen atoms in total. The zero-order valence-corrected chi connectivity index (χ0v) is 15.2. The molecular formula is C19H16N6O3. The Labute approximate surface area is 160 Å². The van der Waals surface area contributed by atoms with E-state index in [1.165, 1.54) is 10.8 Å². The van der Waals surface area contributed by atoms with Crippen LogP contribution in [0.4, 0.5) is 5.82 Å². The van der Waals surface area contributed by atoms with E-state index in [1.54, 1.807) is 43.9 Å². The van der Waals surface area contributed by atoms with Gasteiger partial charge in [0, 0.05) is 11.8 Å². The molecule has 0 saturated carbocycles. The van der Waals surface area contributed by atoms with Gasteiger partial charge in [-0.3, -0.25) is 9.78 Å². The van der Waals surface area contributed by atoms with Crippen LogP contribution in [0.1, 0.15) is 16.1 Å². The van der Waals surface area contributed by atoms with Crippen LogP contribution in [-0.2, 0) is 0 Å². The highest BCUT2D eigenvalue weighted by Crippen LogP contribution is 2.26. The third kappa shape index (κ3) is 3.58. The quantitative estimate of drug-likeness (QED) is 0.571. The average Bonchev–Trinajstić information content (AvgIpc) is 3.16. The molecule has 0 fully saturated rings. The summed E-state index contributed by atoms with van der Waals surface area (Å²) in [6, 6.07) is 8.67. The van der Waals surface area contributed by atoms with E-state index in [0.29, 0.717) is 34.3 Å². The fourth-order valence-electron chi connectivity index (χ4n) is 2.62. The van der Waals surface area contributed by atoms with Gasteiger partial charge < -0.3 is 14.8 Å². The number of nitrogens with one attached hydrogen (secondary N) is 1. The van der Waals surface area contributed by atoms with Crippen molar-refractivity contribution in [2.75, 3.05) is 12.4 Å². The van der Waals surface area contributed by atoms with Crippen LogP contribution in [0, 0.1) is 6.92 Å². The van der Waals surface area contributed by atoms with Crippen LogP contribution in [0.25, 0.3) is 5.65 Å². The molecule has 4 aromatic heterocycles. The molecule has 0 bridgehead atoms. The first-order valence-corrected chi connectivity index (χ1v) is 8.37. The van der Waals surface area contributed by atoms with Gasteiger partial charge in [0.15, 0.2) is 5.65 Å². The van der Waals surface area contributed by atoms with Crippen LogP contribution in [0.3, 0.4) is 0 Å². The summed E-state index contributed by atoms with van der Waals surface area (Å²) in [5.74, 6) is 1.50. The monoisotopic (exact) mass is 376 g/mol. The standard InChI is InChI=1S/C19H16N6O3/c1-12-4-3-5-17(23-12)24-19(26)16-7-15(10-25-18(16)21-11-22-25)28-14-6-13(27-2)8-20-9-14/h3-11H,1-2H3,(H,23,24,26). The first-order chi connectivity index (χ1) is 13.6. The highest BCUT2D eigenvalue weighted by molar-refractivity contribution is 6.08. The molecule has 4 rings (SSSR count). The van der Waals surface area contributed by atoms with E-state index in [1.807, 2.05) is 19.1 Å². The van der Waals surface area contributed by atoms with Crippen LogP contribution < -0.4 is 14.8 Å². The van der Waals surface area contributed by atoms with Crippen molar-refractivity contribution in [3.8, 4) is 17.2 Å². The molecule has 0 spiro atoms. The Morgan fingerprint density at radius 1 is 1.14 bits per heavy atom. The molecule has 0 atom stereocenters. The second kappa shape index (κ2) is 7.31.